The number of ether oxygens (including phenoxy) is 1. The van der Waals surface area contributed by atoms with E-state index in [0.717, 1.165) is 24.2 Å². The first-order valence-corrected chi connectivity index (χ1v) is 7.65. The average molecular weight is 297 g/mol. The Bertz CT molecular complexity index is 622. The van der Waals surface area contributed by atoms with E-state index < -0.39 is 0 Å². The van der Waals surface area contributed by atoms with Gasteiger partial charge in [-0.25, -0.2) is 0 Å². The Morgan fingerprint density at radius 1 is 1.05 bits per heavy atom. The summed E-state index contributed by atoms with van der Waals surface area (Å²) in [6.45, 7) is 4.82. The maximum absolute atomic E-state index is 11.7. The highest BCUT2D eigenvalue weighted by atomic mass is 16.5. The summed E-state index contributed by atoms with van der Waals surface area (Å²) in [4.78, 5) is 11.7. The van der Waals surface area contributed by atoms with E-state index in [1.165, 1.54) is 11.1 Å². The molecule has 2 aromatic rings. The molecule has 2 rings (SSSR count). The van der Waals surface area contributed by atoms with Crippen molar-refractivity contribution in [3.05, 3.63) is 65.2 Å². The molecule has 116 valence electrons. The second-order valence-corrected chi connectivity index (χ2v) is 5.55. The number of aryl methyl sites for hydroxylation is 3. The third-order valence-electron chi connectivity index (χ3n) is 3.41. The Hall–Kier alpha value is -2.29. The van der Waals surface area contributed by atoms with Crippen LogP contribution in [0.15, 0.2) is 48.5 Å². The number of amides is 1. The molecule has 0 unspecified atom stereocenters. The average Bonchev–Trinajstić information content (AvgIpc) is 2.50. The minimum Gasteiger partial charge on any atom is -0.484 e. The molecule has 0 spiro atoms. The van der Waals surface area contributed by atoms with Gasteiger partial charge in [-0.3, -0.25) is 4.79 Å². The van der Waals surface area contributed by atoms with Gasteiger partial charge in [0.25, 0.3) is 5.91 Å². The van der Waals surface area contributed by atoms with Crippen molar-refractivity contribution in [3.8, 4) is 5.75 Å². The van der Waals surface area contributed by atoms with E-state index in [1.807, 2.05) is 31.2 Å². The second-order valence-electron chi connectivity index (χ2n) is 5.55. The molecule has 3 nitrogen and oxygen atoms in total. The summed E-state index contributed by atoms with van der Waals surface area (Å²) < 4.78 is 5.47. The number of hydrogen-bond acceptors (Lipinski definition) is 2. The first-order chi connectivity index (χ1) is 10.6. The Kier molecular flexibility index (Phi) is 6.01. The van der Waals surface area contributed by atoms with Crippen LogP contribution in [-0.4, -0.2) is 19.1 Å². The third-order valence-corrected chi connectivity index (χ3v) is 3.41. The molecule has 3 heteroatoms. The van der Waals surface area contributed by atoms with E-state index in [4.69, 9.17) is 4.74 Å². The van der Waals surface area contributed by atoms with Crippen molar-refractivity contribution < 1.29 is 9.53 Å². The fourth-order valence-electron chi connectivity index (χ4n) is 2.29. The van der Waals surface area contributed by atoms with Gasteiger partial charge in [0.05, 0.1) is 0 Å². The molecule has 0 aromatic heterocycles. The molecule has 22 heavy (non-hydrogen) atoms. The predicted molar refractivity (Wildman–Crippen MR) is 89.2 cm³/mol. The van der Waals surface area contributed by atoms with E-state index in [2.05, 4.69) is 36.5 Å². The van der Waals surface area contributed by atoms with Gasteiger partial charge in [0.15, 0.2) is 6.61 Å². The Labute approximate surface area is 132 Å². The smallest absolute Gasteiger partial charge is 0.257 e. The van der Waals surface area contributed by atoms with Gasteiger partial charge < -0.3 is 10.1 Å². The molecular formula is C19H23NO2. The molecule has 0 saturated heterocycles. The lowest BCUT2D eigenvalue weighted by Gasteiger charge is -2.08. The number of carbonyl (C=O) groups is 1. The molecule has 0 aliphatic carbocycles. The monoisotopic (exact) mass is 297 g/mol. The topological polar surface area (TPSA) is 38.3 Å². The maximum atomic E-state index is 11.7. The minimum absolute atomic E-state index is 0.0634. The zero-order chi connectivity index (χ0) is 15.8. The molecule has 2 aromatic carbocycles. The largest absolute Gasteiger partial charge is 0.484 e. The number of hydrogen-bond donors (Lipinski definition) is 1. The van der Waals surface area contributed by atoms with Crippen LogP contribution in [-0.2, 0) is 11.2 Å². The summed E-state index contributed by atoms with van der Waals surface area (Å²) in [5.74, 6) is 0.653. The summed E-state index contributed by atoms with van der Waals surface area (Å²) in [7, 11) is 0. The molecule has 0 bridgehead atoms. The number of carbonyl (C=O) groups excluding carboxylic acids is 1. The van der Waals surface area contributed by atoms with Crippen molar-refractivity contribution in [2.75, 3.05) is 13.2 Å². The van der Waals surface area contributed by atoms with Gasteiger partial charge >= 0.3 is 0 Å². The predicted octanol–water partition coefficient (Wildman–Crippen LogP) is 3.43. The van der Waals surface area contributed by atoms with E-state index in [0.29, 0.717) is 6.54 Å². The first-order valence-electron chi connectivity index (χ1n) is 7.65. The van der Waals surface area contributed by atoms with E-state index >= 15 is 0 Å². The van der Waals surface area contributed by atoms with Gasteiger partial charge in [0, 0.05) is 6.54 Å². The van der Waals surface area contributed by atoms with Gasteiger partial charge in [0.1, 0.15) is 5.75 Å². The van der Waals surface area contributed by atoms with Gasteiger partial charge in [-0.2, -0.15) is 0 Å². The van der Waals surface area contributed by atoms with Gasteiger partial charge in [-0.15, -0.1) is 0 Å². The SMILES string of the molecule is Cc1cccc(CCCNC(=O)COc2cccc(C)c2)c1. The zero-order valence-corrected chi connectivity index (χ0v) is 13.3. The zero-order valence-electron chi connectivity index (χ0n) is 13.3. The second kappa shape index (κ2) is 8.23. The highest BCUT2D eigenvalue weighted by Gasteiger charge is 2.02. The van der Waals surface area contributed by atoms with Crippen LogP contribution in [0, 0.1) is 13.8 Å². The lowest BCUT2D eigenvalue weighted by molar-refractivity contribution is -0.123. The van der Waals surface area contributed by atoms with Crippen LogP contribution < -0.4 is 10.1 Å². The van der Waals surface area contributed by atoms with Crippen LogP contribution in [0.25, 0.3) is 0 Å². The molecule has 0 fully saturated rings. The van der Waals surface area contributed by atoms with Crippen LogP contribution in [0.4, 0.5) is 0 Å². The standard InChI is InChI=1S/C19H23NO2/c1-15-6-3-8-17(12-15)9-5-11-20-19(21)14-22-18-10-4-7-16(2)13-18/h3-4,6-8,10,12-13H,5,9,11,14H2,1-2H3,(H,20,21). The Morgan fingerprint density at radius 2 is 1.77 bits per heavy atom. The lowest BCUT2D eigenvalue weighted by Crippen LogP contribution is -2.29. The van der Waals surface area contributed by atoms with Crippen molar-refractivity contribution in [3.63, 3.8) is 0 Å². The molecule has 1 amide bonds. The number of nitrogens with one attached hydrogen (secondary N) is 1. The van der Waals surface area contributed by atoms with Crippen LogP contribution >= 0.6 is 0 Å². The molecule has 0 heterocycles. The number of rotatable bonds is 7. The number of benzene rings is 2. The molecule has 0 radical (unpaired) electrons. The van der Waals surface area contributed by atoms with E-state index in [-0.39, 0.29) is 12.5 Å². The van der Waals surface area contributed by atoms with Crippen molar-refractivity contribution in [2.45, 2.75) is 26.7 Å². The molecule has 0 aliphatic rings. The van der Waals surface area contributed by atoms with Crippen molar-refractivity contribution >= 4 is 5.91 Å². The van der Waals surface area contributed by atoms with Crippen LogP contribution in [0.2, 0.25) is 0 Å². The van der Waals surface area contributed by atoms with Crippen molar-refractivity contribution in [2.24, 2.45) is 0 Å². The maximum Gasteiger partial charge on any atom is 0.257 e. The fourth-order valence-corrected chi connectivity index (χ4v) is 2.29. The van der Waals surface area contributed by atoms with E-state index in [1.54, 1.807) is 0 Å². The fraction of sp³-hybridized carbons (Fsp3) is 0.316. The van der Waals surface area contributed by atoms with Gasteiger partial charge in [0.2, 0.25) is 0 Å². The normalized spacial score (nSPS) is 10.3. The highest BCUT2D eigenvalue weighted by molar-refractivity contribution is 5.77. The molecule has 0 saturated carbocycles. The van der Waals surface area contributed by atoms with Crippen molar-refractivity contribution in [1.29, 1.82) is 0 Å². The molecule has 1 N–H and O–H groups in total. The van der Waals surface area contributed by atoms with Crippen molar-refractivity contribution in [1.82, 2.24) is 5.32 Å². The van der Waals surface area contributed by atoms with Gasteiger partial charge in [-0.05, 0) is 49.9 Å². The third kappa shape index (κ3) is 5.60. The lowest BCUT2D eigenvalue weighted by atomic mass is 10.1. The summed E-state index contributed by atoms with van der Waals surface area (Å²) >= 11 is 0. The van der Waals surface area contributed by atoms with Crippen LogP contribution in [0.5, 0.6) is 5.75 Å². The minimum atomic E-state index is -0.0780. The van der Waals surface area contributed by atoms with Crippen LogP contribution in [0.1, 0.15) is 23.1 Å². The Morgan fingerprint density at radius 3 is 2.50 bits per heavy atom. The van der Waals surface area contributed by atoms with Crippen LogP contribution in [0.3, 0.4) is 0 Å². The first kappa shape index (κ1) is 16.1. The Balaban J connectivity index is 1.63. The van der Waals surface area contributed by atoms with E-state index in [9.17, 15) is 4.79 Å². The summed E-state index contributed by atoms with van der Waals surface area (Å²) in [5, 5.41) is 2.89. The summed E-state index contributed by atoms with van der Waals surface area (Å²) in [6, 6.07) is 16.2. The summed E-state index contributed by atoms with van der Waals surface area (Å²) in [5.41, 5.74) is 3.70. The molecule has 0 aliphatic heterocycles. The quantitative estimate of drug-likeness (QED) is 0.795. The summed E-state index contributed by atoms with van der Waals surface area (Å²) in [6.07, 6.45) is 1.90. The molecular weight excluding hydrogens is 274 g/mol. The molecule has 0 atom stereocenters. The van der Waals surface area contributed by atoms with Gasteiger partial charge in [-0.1, -0.05) is 42.0 Å². The highest BCUT2D eigenvalue weighted by Crippen LogP contribution is 2.11.